The van der Waals surface area contributed by atoms with E-state index in [9.17, 15) is 14.4 Å². The van der Waals surface area contributed by atoms with Crippen molar-refractivity contribution in [2.45, 2.75) is 265 Å². The number of rotatable bonds is 42. The maximum absolute atomic E-state index is 12.7. The van der Waals surface area contributed by atoms with Crippen LogP contribution in [0.15, 0.2) is 0 Å². The van der Waals surface area contributed by atoms with Crippen molar-refractivity contribution in [3.8, 4) is 0 Å². The van der Waals surface area contributed by atoms with Crippen LogP contribution in [0.4, 0.5) is 0 Å². The van der Waals surface area contributed by atoms with Crippen molar-refractivity contribution in [2.24, 2.45) is 11.8 Å². The van der Waals surface area contributed by atoms with E-state index in [1.165, 1.54) is 148 Å². The van der Waals surface area contributed by atoms with Crippen LogP contribution in [0, 0.1) is 11.8 Å². The van der Waals surface area contributed by atoms with Gasteiger partial charge in [-0.15, -0.1) is 0 Å². The smallest absolute Gasteiger partial charge is 0.306 e. The maximum atomic E-state index is 12.7. The summed E-state index contributed by atoms with van der Waals surface area (Å²) in [5, 5.41) is 0. The van der Waals surface area contributed by atoms with Crippen LogP contribution >= 0.6 is 0 Å². The molecule has 0 aromatic carbocycles. The largest absolute Gasteiger partial charge is 0.462 e. The van der Waals surface area contributed by atoms with Crippen LogP contribution in [0.3, 0.4) is 0 Å². The van der Waals surface area contributed by atoms with Gasteiger partial charge in [-0.3, -0.25) is 14.4 Å². The van der Waals surface area contributed by atoms with Crippen LogP contribution in [0.25, 0.3) is 0 Å². The van der Waals surface area contributed by atoms with E-state index >= 15 is 0 Å². The standard InChI is InChI=1S/C48H92O6/c1-6-7-8-9-10-11-19-22-28-33-38-46(49)52-41-45(42-53-47(50)39-34-29-25-24-27-32-37-44(4)5)54-48(51)40-35-30-23-20-17-15-13-12-14-16-18-21-26-31-36-43(2)3/h43-45H,6-42H2,1-5H3/t45-/m1/s1. The van der Waals surface area contributed by atoms with Crippen molar-refractivity contribution in [3.05, 3.63) is 0 Å². The van der Waals surface area contributed by atoms with Crippen molar-refractivity contribution >= 4 is 17.9 Å². The Morgan fingerprint density at radius 2 is 0.611 bits per heavy atom. The molecule has 54 heavy (non-hydrogen) atoms. The lowest BCUT2D eigenvalue weighted by atomic mass is 10.0. The van der Waals surface area contributed by atoms with Gasteiger partial charge in [-0.05, 0) is 31.1 Å². The molecule has 0 amide bonds. The minimum Gasteiger partial charge on any atom is -0.462 e. The number of esters is 3. The number of carbonyl (C=O) groups is 3. The van der Waals surface area contributed by atoms with Crippen molar-refractivity contribution < 1.29 is 28.6 Å². The third-order valence-corrected chi connectivity index (χ3v) is 10.7. The van der Waals surface area contributed by atoms with Gasteiger partial charge < -0.3 is 14.2 Å². The van der Waals surface area contributed by atoms with Gasteiger partial charge in [0.25, 0.3) is 0 Å². The number of hydrogen-bond acceptors (Lipinski definition) is 6. The molecule has 0 fully saturated rings. The second-order valence-electron chi connectivity index (χ2n) is 17.3. The molecule has 0 aliphatic carbocycles. The fraction of sp³-hybridized carbons (Fsp3) is 0.938. The fourth-order valence-electron chi connectivity index (χ4n) is 7.11. The first-order valence-electron chi connectivity index (χ1n) is 23.7. The Bertz CT molecular complexity index is 824. The molecule has 0 spiro atoms. The summed E-state index contributed by atoms with van der Waals surface area (Å²) in [5.41, 5.74) is 0. The number of ether oxygens (including phenoxy) is 3. The normalized spacial score (nSPS) is 12.1. The Kier molecular flexibility index (Phi) is 39.8. The van der Waals surface area contributed by atoms with Crippen LogP contribution in [-0.4, -0.2) is 37.2 Å². The van der Waals surface area contributed by atoms with Crippen molar-refractivity contribution in [3.63, 3.8) is 0 Å². The van der Waals surface area contributed by atoms with E-state index in [1.807, 2.05) is 0 Å². The highest BCUT2D eigenvalue weighted by Crippen LogP contribution is 2.17. The van der Waals surface area contributed by atoms with E-state index in [4.69, 9.17) is 14.2 Å². The van der Waals surface area contributed by atoms with Gasteiger partial charge in [0.2, 0.25) is 0 Å². The van der Waals surface area contributed by atoms with E-state index < -0.39 is 6.10 Å². The van der Waals surface area contributed by atoms with Gasteiger partial charge in [0.15, 0.2) is 6.10 Å². The van der Waals surface area contributed by atoms with Crippen molar-refractivity contribution in [2.75, 3.05) is 13.2 Å². The first-order chi connectivity index (χ1) is 26.2. The second kappa shape index (κ2) is 41.1. The van der Waals surface area contributed by atoms with Crippen LogP contribution in [-0.2, 0) is 28.6 Å². The molecule has 0 saturated heterocycles. The van der Waals surface area contributed by atoms with Gasteiger partial charge in [0, 0.05) is 19.3 Å². The molecule has 0 rings (SSSR count). The highest BCUT2D eigenvalue weighted by molar-refractivity contribution is 5.71. The van der Waals surface area contributed by atoms with Gasteiger partial charge in [0.05, 0.1) is 0 Å². The van der Waals surface area contributed by atoms with Crippen LogP contribution in [0.2, 0.25) is 0 Å². The van der Waals surface area contributed by atoms with E-state index in [1.54, 1.807) is 0 Å². The van der Waals surface area contributed by atoms with Gasteiger partial charge in [-0.25, -0.2) is 0 Å². The zero-order valence-corrected chi connectivity index (χ0v) is 36.8. The average Bonchev–Trinajstić information content (AvgIpc) is 3.14. The third kappa shape index (κ3) is 41.6. The molecule has 0 bridgehead atoms. The molecule has 320 valence electrons. The molecule has 0 saturated carbocycles. The van der Waals surface area contributed by atoms with E-state index in [0.29, 0.717) is 19.3 Å². The summed E-state index contributed by atoms with van der Waals surface area (Å²) in [6, 6.07) is 0. The molecule has 6 heteroatoms. The predicted molar refractivity (Wildman–Crippen MR) is 229 cm³/mol. The number of hydrogen-bond donors (Lipinski definition) is 0. The molecule has 0 aliphatic heterocycles. The Hall–Kier alpha value is -1.59. The molecule has 0 aliphatic rings. The van der Waals surface area contributed by atoms with Gasteiger partial charge in [-0.1, -0.05) is 221 Å². The summed E-state index contributed by atoms with van der Waals surface area (Å²) in [4.78, 5) is 37.7. The molecule has 0 unspecified atom stereocenters. The number of carbonyl (C=O) groups excluding carboxylic acids is 3. The molecular weight excluding hydrogens is 673 g/mol. The Balaban J connectivity index is 4.27. The molecule has 0 aromatic rings. The molecule has 1 atom stereocenters. The summed E-state index contributed by atoms with van der Waals surface area (Å²) < 4.78 is 16.7. The molecule has 0 aromatic heterocycles. The first-order valence-corrected chi connectivity index (χ1v) is 23.7. The first kappa shape index (κ1) is 52.4. The summed E-state index contributed by atoms with van der Waals surface area (Å²) in [6.07, 6.45) is 39.6. The van der Waals surface area contributed by atoms with Gasteiger partial charge in [0.1, 0.15) is 13.2 Å². The quantitative estimate of drug-likeness (QED) is 0.0350. The SMILES string of the molecule is CCCCCCCCCCCCC(=O)OC[C@H](COC(=O)CCCCCCCCC(C)C)OC(=O)CCCCCCCCCCCCCCCCC(C)C. The van der Waals surface area contributed by atoms with Crippen LogP contribution < -0.4 is 0 Å². The monoisotopic (exact) mass is 765 g/mol. The topological polar surface area (TPSA) is 78.9 Å². The number of unbranched alkanes of at least 4 members (excludes halogenated alkanes) is 27. The molecule has 0 heterocycles. The molecule has 0 radical (unpaired) electrons. The second-order valence-corrected chi connectivity index (χ2v) is 17.3. The Morgan fingerprint density at radius 3 is 0.907 bits per heavy atom. The maximum Gasteiger partial charge on any atom is 0.306 e. The highest BCUT2D eigenvalue weighted by Gasteiger charge is 2.19. The van der Waals surface area contributed by atoms with E-state index in [0.717, 1.165) is 69.6 Å². The summed E-state index contributed by atoms with van der Waals surface area (Å²) in [6.45, 7) is 11.3. The zero-order chi connectivity index (χ0) is 39.7. The Labute approximate surface area is 336 Å². The predicted octanol–water partition coefficient (Wildman–Crippen LogP) is 15.0. The summed E-state index contributed by atoms with van der Waals surface area (Å²) in [7, 11) is 0. The zero-order valence-electron chi connectivity index (χ0n) is 36.8. The Morgan fingerprint density at radius 1 is 0.352 bits per heavy atom. The minimum atomic E-state index is -0.760. The minimum absolute atomic E-state index is 0.0652. The third-order valence-electron chi connectivity index (χ3n) is 10.7. The van der Waals surface area contributed by atoms with Crippen LogP contribution in [0.1, 0.15) is 259 Å². The molecular formula is C48H92O6. The van der Waals surface area contributed by atoms with Gasteiger partial charge >= 0.3 is 17.9 Å². The average molecular weight is 765 g/mol. The summed E-state index contributed by atoms with van der Waals surface area (Å²) >= 11 is 0. The lowest BCUT2D eigenvalue weighted by Gasteiger charge is -2.18. The molecule has 6 nitrogen and oxygen atoms in total. The molecule has 0 N–H and O–H groups in total. The van der Waals surface area contributed by atoms with Gasteiger partial charge in [-0.2, -0.15) is 0 Å². The van der Waals surface area contributed by atoms with Crippen molar-refractivity contribution in [1.29, 1.82) is 0 Å². The lowest BCUT2D eigenvalue weighted by molar-refractivity contribution is -0.167. The highest BCUT2D eigenvalue weighted by atomic mass is 16.6. The van der Waals surface area contributed by atoms with E-state index in [-0.39, 0.29) is 31.1 Å². The fourth-order valence-corrected chi connectivity index (χ4v) is 7.11. The van der Waals surface area contributed by atoms with Crippen molar-refractivity contribution in [1.82, 2.24) is 0 Å². The summed E-state index contributed by atoms with van der Waals surface area (Å²) in [5.74, 6) is 0.747. The van der Waals surface area contributed by atoms with Crippen LogP contribution in [0.5, 0.6) is 0 Å². The lowest BCUT2D eigenvalue weighted by Crippen LogP contribution is -2.30. The van der Waals surface area contributed by atoms with E-state index in [2.05, 4.69) is 34.6 Å².